The van der Waals surface area contributed by atoms with Crippen LogP contribution in [0.1, 0.15) is 31.2 Å². The number of nitrogens with one attached hydrogen (secondary N) is 2. The van der Waals surface area contributed by atoms with Crippen molar-refractivity contribution in [2.45, 2.75) is 36.0 Å². The van der Waals surface area contributed by atoms with E-state index >= 15 is 0 Å². The Balaban J connectivity index is 1.31. The molecule has 0 unspecified atom stereocenters. The Morgan fingerprint density at radius 3 is 2.42 bits per heavy atom. The molecule has 8 nitrogen and oxygen atoms in total. The van der Waals surface area contributed by atoms with Crippen LogP contribution >= 0.6 is 0 Å². The normalized spacial score (nSPS) is 17.7. The molecule has 0 spiro atoms. The summed E-state index contributed by atoms with van der Waals surface area (Å²) >= 11 is 0. The smallest absolute Gasteiger partial charge is 0.240 e. The first-order chi connectivity index (χ1) is 16.0. The van der Waals surface area contributed by atoms with Gasteiger partial charge in [-0.3, -0.25) is 4.79 Å². The zero-order valence-corrected chi connectivity index (χ0v) is 19.4. The SMILES string of the molecule is O=C(CCNS(=O)(=O)c1ccc2c(c1)OCCCO2)NCC1(c2ccccc2)CCOCC1. The maximum absolute atomic E-state index is 12.7. The highest BCUT2D eigenvalue weighted by Crippen LogP contribution is 2.34. The number of carbonyl (C=O) groups is 1. The molecule has 1 fully saturated rings. The van der Waals surface area contributed by atoms with Crippen molar-refractivity contribution in [2.75, 3.05) is 39.5 Å². The van der Waals surface area contributed by atoms with Crippen molar-refractivity contribution in [1.29, 1.82) is 0 Å². The molecule has 4 rings (SSSR count). The van der Waals surface area contributed by atoms with E-state index in [-0.39, 0.29) is 29.2 Å². The van der Waals surface area contributed by atoms with E-state index in [0.29, 0.717) is 44.5 Å². The fraction of sp³-hybridized carbons (Fsp3) is 0.458. The van der Waals surface area contributed by atoms with Crippen LogP contribution in [0, 0.1) is 0 Å². The fourth-order valence-electron chi connectivity index (χ4n) is 4.17. The molecule has 178 valence electrons. The first-order valence-corrected chi connectivity index (χ1v) is 12.8. The van der Waals surface area contributed by atoms with E-state index < -0.39 is 10.0 Å². The Morgan fingerprint density at radius 1 is 0.939 bits per heavy atom. The summed E-state index contributed by atoms with van der Waals surface area (Å²) in [4.78, 5) is 12.6. The molecule has 2 aliphatic heterocycles. The number of hydrogen-bond donors (Lipinski definition) is 2. The Kier molecular flexibility index (Phi) is 7.52. The van der Waals surface area contributed by atoms with Gasteiger partial charge in [0.05, 0.1) is 18.1 Å². The molecule has 2 aromatic carbocycles. The molecule has 0 bridgehead atoms. The minimum Gasteiger partial charge on any atom is -0.490 e. The average molecular weight is 475 g/mol. The summed E-state index contributed by atoms with van der Waals surface area (Å²) in [7, 11) is -3.77. The highest BCUT2D eigenvalue weighted by atomic mass is 32.2. The van der Waals surface area contributed by atoms with Crippen LogP contribution in [-0.4, -0.2) is 53.8 Å². The van der Waals surface area contributed by atoms with Gasteiger partial charge in [-0.05, 0) is 30.5 Å². The first kappa shape index (κ1) is 23.5. The molecular weight excluding hydrogens is 444 g/mol. The topological polar surface area (TPSA) is 103 Å². The maximum Gasteiger partial charge on any atom is 0.240 e. The van der Waals surface area contributed by atoms with E-state index in [1.807, 2.05) is 18.2 Å². The van der Waals surface area contributed by atoms with Crippen LogP contribution in [0.3, 0.4) is 0 Å². The third-order valence-electron chi connectivity index (χ3n) is 6.13. The lowest BCUT2D eigenvalue weighted by Crippen LogP contribution is -2.45. The van der Waals surface area contributed by atoms with Crippen LogP contribution in [0.25, 0.3) is 0 Å². The van der Waals surface area contributed by atoms with Crippen molar-refractivity contribution in [2.24, 2.45) is 0 Å². The summed E-state index contributed by atoms with van der Waals surface area (Å²) in [6.45, 7) is 2.81. The minimum absolute atomic E-state index is 0.00402. The Labute approximate surface area is 194 Å². The summed E-state index contributed by atoms with van der Waals surface area (Å²) in [5.74, 6) is 0.750. The lowest BCUT2D eigenvalue weighted by atomic mass is 9.74. The maximum atomic E-state index is 12.7. The van der Waals surface area contributed by atoms with Crippen molar-refractivity contribution in [3.8, 4) is 11.5 Å². The van der Waals surface area contributed by atoms with Crippen LogP contribution < -0.4 is 19.5 Å². The molecule has 0 aromatic heterocycles. The molecule has 0 saturated carbocycles. The van der Waals surface area contributed by atoms with E-state index in [1.165, 1.54) is 17.7 Å². The zero-order chi connectivity index (χ0) is 23.2. The molecule has 1 amide bonds. The molecule has 33 heavy (non-hydrogen) atoms. The van der Waals surface area contributed by atoms with Gasteiger partial charge in [-0.25, -0.2) is 13.1 Å². The van der Waals surface area contributed by atoms with Crippen LogP contribution in [0.4, 0.5) is 0 Å². The number of hydrogen-bond acceptors (Lipinski definition) is 6. The van der Waals surface area contributed by atoms with E-state index in [4.69, 9.17) is 14.2 Å². The highest BCUT2D eigenvalue weighted by molar-refractivity contribution is 7.89. The molecule has 2 aromatic rings. The first-order valence-electron chi connectivity index (χ1n) is 11.3. The summed E-state index contributed by atoms with van der Waals surface area (Å²) in [6.07, 6.45) is 2.44. The van der Waals surface area contributed by atoms with Gasteiger partial charge in [-0.1, -0.05) is 30.3 Å². The number of benzene rings is 2. The van der Waals surface area contributed by atoms with Gasteiger partial charge in [0.25, 0.3) is 0 Å². The predicted molar refractivity (Wildman–Crippen MR) is 123 cm³/mol. The summed E-state index contributed by atoms with van der Waals surface area (Å²) in [5, 5.41) is 3.00. The van der Waals surface area contributed by atoms with Gasteiger partial charge in [0, 0.05) is 50.6 Å². The molecule has 1 saturated heterocycles. The van der Waals surface area contributed by atoms with Crippen molar-refractivity contribution in [3.63, 3.8) is 0 Å². The molecule has 2 aliphatic rings. The van der Waals surface area contributed by atoms with Crippen molar-refractivity contribution in [3.05, 3.63) is 54.1 Å². The van der Waals surface area contributed by atoms with E-state index in [9.17, 15) is 13.2 Å². The lowest BCUT2D eigenvalue weighted by Gasteiger charge is -2.38. The van der Waals surface area contributed by atoms with Crippen molar-refractivity contribution >= 4 is 15.9 Å². The second kappa shape index (κ2) is 10.5. The van der Waals surface area contributed by atoms with Crippen LogP contribution in [0.2, 0.25) is 0 Å². The summed E-state index contributed by atoms with van der Waals surface area (Å²) in [6, 6.07) is 14.7. The second-order valence-corrected chi connectivity index (χ2v) is 10.1. The number of ether oxygens (including phenoxy) is 3. The molecule has 0 aliphatic carbocycles. The number of rotatable bonds is 8. The van der Waals surface area contributed by atoms with E-state index in [2.05, 4.69) is 22.2 Å². The number of carbonyl (C=O) groups excluding carboxylic acids is 1. The molecule has 2 N–H and O–H groups in total. The van der Waals surface area contributed by atoms with E-state index in [0.717, 1.165) is 19.3 Å². The van der Waals surface area contributed by atoms with Crippen molar-refractivity contribution in [1.82, 2.24) is 10.0 Å². The zero-order valence-electron chi connectivity index (χ0n) is 18.5. The summed E-state index contributed by atoms with van der Waals surface area (Å²) < 4.78 is 44.5. The van der Waals surface area contributed by atoms with Gasteiger partial charge in [0.1, 0.15) is 0 Å². The van der Waals surface area contributed by atoms with Crippen LogP contribution in [0.15, 0.2) is 53.4 Å². The number of fused-ring (bicyclic) bond motifs is 1. The molecule has 0 radical (unpaired) electrons. The van der Waals surface area contributed by atoms with Crippen LogP contribution in [0.5, 0.6) is 11.5 Å². The standard InChI is InChI=1S/C24H30N2O6S/c27-23(25-18-24(10-15-30-16-11-24)19-5-2-1-3-6-19)9-12-26-33(28,29)20-7-8-21-22(17-20)32-14-4-13-31-21/h1-3,5-8,17,26H,4,9-16,18H2,(H,25,27). The monoisotopic (exact) mass is 474 g/mol. The van der Waals surface area contributed by atoms with E-state index in [1.54, 1.807) is 6.07 Å². The largest absolute Gasteiger partial charge is 0.490 e. The fourth-order valence-corrected chi connectivity index (χ4v) is 5.22. The highest BCUT2D eigenvalue weighted by Gasteiger charge is 2.34. The Morgan fingerprint density at radius 2 is 1.67 bits per heavy atom. The second-order valence-electron chi connectivity index (χ2n) is 8.34. The Bertz CT molecular complexity index is 1050. The Hall–Kier alpha value is -2.62. The van der Waals surface area contributed by atoms with Gasteiger partial charge in [-0.2, -0.15) is 0 Å². The van der Waals surface area contributed by atoms with Gasteiger partial charge < -0.3 is 19.5 Å². The number of sulfonamides is 1. The van der Waals surface area contributed by atoms with Gasteiger partial charge in [0.15, 0.2) is 11.5 Å². The third-order valence-corrected chi connectivity index (χ3v) is 7.59. The van der Waals surface area contributed by atoms with Gasteiger partial charge in [-0.15, -0.1) is 0 Å². The minimum atomic E-state index is -3.77. The summed E-state index contributed by atoms with van der Waals surface area (Å²) in [5.41, 5.74) is 1.02. The van der Waals surface area contributed by atoms with Gasteiger partial charge >= 0.3 is 0 Å². The molecule has 9 heteroatoms. The predicted octanol–water partition coefficient (Wildman–Crippen LogP) is 2.38. The number of amides is 1. The molecular formula is C24H30N2O6S. The van der Waals surface area contributed by atoms with Gasteiger partial charge in [0.2, 0.25) is 15.9 Å². The third kappa shape index (κ3) is 5.85. The lowest BCUT2D eigenvalue weighted by molar-refractivity contribution is -0.121. The van der Waals surface area contributed by atoms with Crippen LogP contribution in [-0.2, 0) is 25.0 Å². The quantitative estimate of drug-likeness (QED) is 0.609. The van der Waals surface area contributed by atoms with Crippen molar-refractivity contribution < 1.29 is 27.4 Å². The average Bonchev–Trinajstić information content (AvgIpc) is 3.09. The molecule has 2 heterocycles. The molecule has 0 atom stereocenters.